The molecule has 0 saturated heterocycles. The number of hydrogen-bond donors (Lipinski definition) is 2. The summed E-state index contributed by atoms with van der Waals surface area (Å²) in [5.41, 5.74) is 5.74. The van der Waals surface area contributed by atoms with Gasteiger partial charge in [0, 0.05) is 19.0 Å². The quantitative estimate of drug-likeness (QED) is 0.684. The minimum Gasteiger partial charge on any atom is -0.386 e. The lowest BCUT2D eigenvalue weighted by Crippen LogP contribution is -2.31. The second-order valence-corrected chi connectivity index (χ2v) is 3.85. The van der Waals surface area contributed by atoms with Crippen LogP contribution >= 0.6 is 0 Å². The number of aryl methyl sites for hydroxylation is 1. The third-order valence-electron chi connectivity index (χ3n) is 2.16. The highest BCUT2D eigenvalue weighted by atomic mass is 16.3. The molecule has 74 valence electrons. The number of nitrogens with zero attached hydrogens (tertiary/aromatic N) is 3. The molecule has 1 aromatic rings. The van der Waals surface area contributed by atoms with E-state index < -0.39 is 6.10 Å². The number of nitrogens with two attached hydrogens (primary N) is 1. The number of rotatable bonds is 3. The summed E-state index contributed by atoms with van der Waals surface area (Å²) in [4.78, 5) is 1.42. The second kappa shape index (κ2) is 3.43. The van der Waals surface area contributed by atoms with Crippen LogP contribution in [0.1, 0.15) is 25.6 Å². The summed E-state index contributed by atoms with van der Waals surface area (Å²) >= 11 is 0. The van der Waals surface area contributed by atoms with E-state index in [9.17, 15) is 5.11 Å². The number of aliphatic hydroxyl groups is 1. The molecule has 0 spiro atoms. The fourth-order valence-electron chi connectivity index (χ4n) is 0.999. The maximum absolute atomic E-state index is 9.87. The molecule has 0 aromatic carbocycles. The van der Waals surface area contributed by atoms with Crippen molar-refractivity contribution in [3.8, 4) is 0 Å². The van der Waals surface area contributed by atoms with Crippen LogP contribution in [0.4, 0.5) is 0 Å². The summed E-state index contributed by atoms with van der Waals surface area (Å²) in [7, 11) is 1.71. The van der Waals surface area contributed by atoms with Gasteiger partial charge in [0.2, 0.25) is 0 Å². The molecule has 1 atom stereocenters. The van der Waals surface area contributed by atoms with Gasteiger partial charge in [0.1, 0.15) is 11.8 Å². The Morgan fingerprint density at radius 2 is 2.31 bits per heavy atom. The maximum atomic E-state index is 9.87. The summed E-state index contributed by atoms with van der Waals surface area (Å²) in [5.74, 6) is 0. The Bertz CT molecular complexity index is 281. The molecule has 5 nitrogen and oxygen atoms in total. The topological polar surface area (TPSA) is 77.0 Å². The van der Waals surface area contributed by atoms with Crippen LogP contribution in [0.5, 0.6) is 0 Å². The molecule has 0 radical (unpaired) electrons. The molecular weight excluding hydrogens is 168 g/mol. The number of aromatic nitrogens is 3. The average Bonchev–Trinajstić information content (AvgIpc) is 2.50. The summed E-state index contributed by atoms with van der Waals surface area (Å²) in [6, 6.07) is 0. The lowest BCUT2D eigenvalue weighted by molar-refractivity contribution is 0.0514. The summed E-state index contributed by atoms with van der Waals surface area (Å²) in [5, 5.41) is 17.8. The van der Waals surface area contributed by atoms with Crippen LogP contribution in [-0.4, -0.2) is 26.6 Å². The highest BCUT2D eigenvalue weighted by Gasteiger charge is 2.29. The molecule has 0 fully saturated rings. The Hall–Kier alpha value is -0.940. The van der Waals surface area contributed by atoms with E-state index in [0.717, 1.165) is 0 Å². The molecule has 0 aliphatic carbocycles. The predicted molar refractivity (Wildman–Crippen MR) is 48.8 cm³/mol. The van der Waals surface area contributed by atoms with Gasteiger partial charge in [-0.05, 0) is 0 Å². The highest BCUT2D eigenvalue weighted by Crippen LogP contribution is 2.30. The van der Waals surface area contributed by atoms with E-state index >= 15 is 0 Å². The molecule has 1 aromatic heterocycles. The van der Waals surface area contributed by atoms with Crippen molar-refractivity contribution >= 4 is 0 Å². The highest BCUT2D eigenvalue weighted by molar-refractivity contribution is 5.01. The molecule has 1 heterocycles. The summed E-state index contributed by atoms with van der Waals surface area (Å²) < 4.78 is 0. The Morgan fingerprint density at radius 1 is 1.69 bits per heavy atom. The van der Waals surface area contributed by atoms with E-state index in [0.29, 0.717) is 12.2 Å². The molecule has 0 bridgehead atoms. The van der Waals surface area contributed by atoms with E-state index in [4.69, 9.17) is 5.73 Å². The molecular formula is C8H16N4O. The maximum Gasteiger partial charge on any atom is 0.112 e. The third-order valence-corrected chi connectivity index (χ3v) is 2.16. The Morgan fingerprint density at radius 3 is 2.69 bits per heavy atom. The lowest BCUT2D eigenvalue weighted by atomic mass is 9.85. The van der Waals surface area contributed by atoms with Gasteiger partial charge in [-0.2, -0.15) is 15.0 Å². The minimum atomic E-state index is -0.661. The van der Waals surface area contributed by atoms with E-state index in [2.05, 4.69) is 10.2 Å². The Kier molecular flexibility index (Phi) is 2.68. The Balaban J connectivity index is 2.84. The number of aliphatic hydroxyl groups excluding tert-OH is 1. The van der Waals surface area contributed by atoms with Gasteiger partial charge < -0.3 is 10.8 Å². The van der Waals surface area contributed by atoms with E-state index in [1.165, 1.54) is 4.80 Å². The van der Waals surface area contributed by atoms with Crippen LogP contribution < -0.4 is 5.73 Å². The molecule has 0 aliphatic heterocycles. The smallest absolute Gasteiger partial charge is 0.112 e. The van der Waals surface area contributed by atoms with E-state index in [-0.39, 0.29) is 5.41 Å². The van der Waals surface area contributed by atoms with Crippen LogP contribution in [0.25, 0.3) is 0 Å². The summed E-state index contributed by atoms with van der Waals surface area (Å²) in [6.45, 7) is 4.20. The predicted octanol–water partition coefficient (Wildman–Crippen LogP) is -0.167. The zero-order valence-corrected chi connectivity index (χ0v) is 8.23. The largest absolute Gasteiger partial charge is 0.386 e. The van der Waals surface area contributed by atoms with Crippen molar-refractivity contribution in [1.29, 1.82) is 0 Å². The Labute approximate surface area is 77.6 Å². The van der Waals surface area contributed by atoms with Crippen LogP contribution in [-0.2, 0) is 7.05 Å². The molecule has 0 amide bonds. The van der Waals surface area contributed by atoms with Gasteiger partial charge >= 0.3 is 0 Å². The van der Waals surface area contributed by atoms with Crippen molar-refractivity contribution in [2.24, 2.45) is 18.2 Å². The fraction of sp³-hybridized carbons (Fsp3) is 0.750. The van der Waals surface area contributed by atoms with Gasteiger partial charge in [-0.25, -0.2) is 0 Å². The summed E-state index contributed by atoms with van der Waals surface area (Å²) in [6.07, 6.45) is 0.897. The van der Waals surface area contributed by atoms with Crippen LogP contribution in [0, 0.1) is 5.41 Å². The third kappa shape index (κ3) is 2.05. The molecule has 1 rings (SSSR count). The second-order valence-electron chi connectivity index (χ2n) is 3.85. The molecule has 0 aliphatic rings. The first-order valence-corrected chi connectivity index (χ1v) is 4.22. The minimum absolute atomic E-state index is 0.365. The molecule has 1 unspecified atom stereocenters. The van der Waals surface area contributed by atoms with Crippen molar-refractivity contribution in [3.05, 3.63) is 11.9 Å². The first-order valence-electron chi connectivity index (χ1n) is 4.22. The van der Waals surface area contributed by atoms with Crippen molar-refractivity contribution in [2.75, 3.05) is 6.54 Å². The molecule has 5 heteroatoms. The van der Waals surface area contributed by atoms with Gasteiger partial charge in [-0.1, -0.05) is 13.8 Å². The zero-order chi connectivity index (χ0) is 10.1. The molecule has 13 heavy (non-hydrogen) atoms. The average molecular weight is 184 g/mol. The SMILES string of the molecule is Cn1ncc(C(O)C(C)(C)CN)n1. The van der Waals surface area contributed by atoms with Crippen LogP contribution in [0.3, 0.4) is 0 Å². The van der Waals surface area contributed by atoms with Crippen LogP contribution in [0.2, 0.25) is 0 Å². The van der Waals surface area contributed by atoms with Gasteiger partial charge in [0.05, 0.1) is 6.20 Å². The first-order chi connectivity index (χ1) is 5.97. The normalized spacial score (nSPS) is 14.5. The molecule has 0 saturated carbocycles. The van der Waals surface area contributed by atoms with Crippen molar-refractivity contribution < 1.29 is 5.11 Å². The van der Waals surface area contributed by atoms with Gasteiger partial charge in [0.15, 0.2) is 0 Å². The van der Waals surface area contributed by atoms with Crippen LogP contribution in [0.15, 0.2) is 6.20 Å². The molecule has 3 N–H and O–H groups in total. The van der Waals surface area contributed by atoms with Crippen molar-refractivity contribution in [2.45, 2.75) is 20.0 Å². The lowest BCUT2D eigenvalue weighted by Gasteiger charge is -2.27. The monoisotopic (exact) mass is 184 g/mol. The van der Waals surface area contributed by atoms with E-state index in [1.54, 1.807) is 13.2 Å². The van der Waals surface area contributed by atoms with Gasteiger partial charge in [0.25, 0.3) is 0 Å². The zero-order valence-electron chi connectivity index (χ0n) is 8.23. The number of hydrogen-bond acceptors (Lipinski definition) is 4. The van der Waals surface area contributed by atoms with E-state index in [1.807, 2.05) is 13.8 Å². The standard InChI is InChI=1S/C8H16N4O/c1-8(2,5-9)7(13)6-4-10-12(3)11-6/h4,7,13H,5,9H2,1-3H3. The van der Waals surface area contributed by atoms with Gasteiger partial charge in [-0.15, -0.1) is 0 Å². The van der Waals surface area contributed by atoms with Crippen molar-refractivity contribution in [1.82, 2.24) is 15.0 Å². The first kappa shape index (κ1) is 10.1. The van der Waals surface area contributed by atoms with Crippen molar-refractivity contribution in [3.63, 3.8) is 0 Å². The fourth-order valence-corrected chi connectivity index (χ4v) is 0.999. The van der Waals surface area contributed by atoms with Gasteiger partial charge in [-0.3, -0.25) is 0 Å².